The molecule has 1 saturated heterocycles. The van der Waals surface area contributed by atoms with Crippen molar-refractivity contribution in [1.29, 1.82) is 0 Å². The summed E-state index contributed by atoms with van der Waals surface area (Å²) in [5, 5.41) is 6.07. The van der Waals surface area contributed by atoms with E-state index in [4.69, 9.17) is 0 Å². The number of amides is 2. The highest BCUT2D eigenvalue weighted by molar-refractivity contribution is 5.87. The number of nitrogens with one attached hydrogen (secondary N) is 2. The fraction of sp³-hybridized carbons (Fsp3) is 0.467. The molecule has 2 amide bonds. The third-order valence-electron chi connectivity index (χ3n) is 3.51. The van der Waals surface area contributed by atoms with Gasteiger partial charge in [-0.15, -0.1) is 0 Å². The Labute approximate surface area is 119 Å². The third-order valence-corrected chi connectivity index (χ3v) is 3.51. The topological polar surface area (TPSA) is 61.4 Å². The first-order valence-corrected chi connectivity index (χ1v) is 6.98. The van der Waals surface area contributed by atoms with Crippen LogP contribution in [0.4, 0.5) is 0 Å². The molecular formula is C15H21N3O2. The molecular weight excluding hydrogens is 254 g/mol. The van der Waals surface area contributed by atoms with E-state index in [2.05, 4.69) is 10.6 Å². The van der Waals surface area contributed by atoms with Crippen molar-refractivity contribution >= 4 is 11.8 Å². The van der Waals surface area contributed by atoms with Crippen molar-refractivity contribution in [2.24, 2.45) is 0 Å². The van der Waals surface area contributed by atoms with Gasteiger partial charge in [-0.2, -0.15) is 0 Å². The maximum Gasteiger partial charge on any atom is 0.244 e. The molecule has 0 aromatic heterocycles. The SMILES string of the molecule is CC(=O)N1CCNCC1C(=O)NCCc1ccccc1. The lowest BCUT2D eigenvalue weighted by molar-refractivity contribution is -0.139. The molecule has 2 rings (SSSR count). The zero-order chi connectivity index (χ0) is 14.4. The summed E-state index contributed by atoms with van der Waals surface area (Å²) in [6, 6.07) is 9.63. The first kappa shape index (κ1) is 14.5. The number of carbonyl (C=O) groups excluding carboxylic acids is 2. The number of nitrogens with zero attached hydrogens (tertiary/aromatic N) is 1. The normalized spacial score (nSPS) is 18.6. The molecule has 1 unspecified atom stereocenters. The number of carbonyl (C=O) groups is 2. The van der Waals surface area contributed by atoms with Crippen LogP contribution in [-0.4, -0.2) is 48.9 Å². The minimum atomic E-state index is -0.392. The Morgan fingerprint density at radius 1 is 1.35 bits per heavy atom. The monoisotopic (exact) mass is 275 g/mol. The van der Waals surface area contributed by atoms with Crippen LogP contribution < -0.4 is 10.6 Å². The van der Waals surface area contributed by atoms with Crippen molar-refractivity contribution in [2.75, 3.05) is 26.2 Å². The highest BCUT2D eigenvalue weighted by Crippen LogP contribution is 2.04. The van der Waals surface area contributed by atoms with Gasteiger partial charge in [0.15, 0.2) is 0 Å². The predicted octanol–water partition coefficient (Wildman–Crippen LogP) is 0.166. The fourth-order valence-electron chi connectivity index (χ4n) is 2.41. The van der Waals surface area contributed by atoms with Gasteiger partial charge in [-0.1, -0.05) is 30.3 Å². The average molecular weight is 275 g/mol. The quantitative estimate of drug-likeness (QED) is 0.823. The minimum absolute atomic E-state index is 0.0466. The van der Waals surface area contributed by atoms with Gasteiger partial charge in [-0.25, -0.2) is 0 Å². The Morgan fingerprint density at radius 2 is 2.10 bits per heavy atom. The molecule has 0 bridgehead atoms. The maximum absolute atomic E-state index is 12.2. The second-order valence-electron chi connectivity index (χ2n) is 4.96. The Hall–Kier alpha value is -1.88. The molecule has 1 fully saturated rings. The van der Waals surface area contributed by atoms with Crippen LogP contribution in [0.3, 0.4) is 0 Å². The van der Waals surface area contributed by atoms with E-state index in [1.165, 1.54) is 12.5 Å². The highest BCUT2D eigenvalue weighted by atomic mass is 16.2. The maximum atomic E-state index is 12.2. The van der Waals surface area contributed by atoms with Crippen LogP contribution in [0, 0.1) is 0 Å². The van der Waals surface area contributed by atoms with Crippen molar-refractivity contribution in [3.8, 4) is 0 Å². The van der Waals surface area contributed by atoms with Crippen LogP contribution in [0.25, 0.3) is 0 Å². The van der Waals surface area contributed by atoms with Gasteiger partial charge in [0.2, 0.25) is 11.8 Å². The van der Waals surface area contributed by atoms with Crippen molar-refractivity contribution in [2.45, 2.75) is 19.4 Å². The van der Waals surface area contributed by atoms with Crippen molar-refractivity contribution in [3.63, 3.8) is 0 Å². The van der Waals surface area contributed by atoms with E-state index in [0.29, 0.717) is 19.6 Å². The molecule has 0 aliphatic carbocycles. The van der Waals surface area contributed by atoms with Gasteiger partial charge in [-0.3, -0.25) is 9.59 Å². The second kappa shape index (κ2) is 7.05. The summed E-state index contributed by atoms with van der Waals surface area (Å²) in [7, 11) is 0. The summed E-state index contributed by atoms with van der Waals surface area (Å²) in [6.45, 7) is 3.96. The van der Waals surface area contributed by atoms with Gasteiger partial charge in [0.05, 0.1) is 0 Å². The molecule has 1 atom stereocenters. The summed E-state index contributed by atoms with van der Waals surface area (Å²) in [4.78, 5) is 25.3. The zero-order valence-corrected chi connectivity index (χ0v) is 11.8. The van der Waals surface area contributed by atoms with E-state index in [0.717, 1.165) is 13.0 Å². The molecule has 1 aliphatic heterocycles. The molecule has 0 radical (unpaired) electrons. The molecule has 20 heavy (non-hydrogen) atoms. The van der Waals surface area contributed by atoms with Crippen LogP contribution in [0.15, 0.2) is 30.3 Å². The van der Waals surface area contributed by atoms with Crippen LogP contribution in [-0.2, 0) is 16.0 Å². The summed E-state index contributed by atoms with van der Waals surface area (Å²) in [5.41, 5.74) is 1.19. The standard InChI is InChI=1S/C15H21N3O2/c1-12(19)18-10-9-16-11-14(18)15(20)17-8-7-13-5-3-2-4-6-13/h2-6,14,16H,7-11H2,1H3,(H,17,20). The average Bonchev–Trinajstić information content (AvgIpc) is 2.48. The fourth-order valence-corrected chi connectivity index (χ4v) is 2.41. The van der Waals surface area contributed by atoms with E-state index in [9.17, 15) is 9.59 Å². The number of rotatable bonds is 4. The van der Waals surface area contributed by atoms with Crippen LogP contribution in [0.5, 0.6) is 0 Å². The van der Waals surface area contributed by atoms with Gasteiger partial charge >= 0.3 is 0 Å². The van der Waals surface area contributed by atoms with Crippen molar-refractivity contribution < 1.29 is 9.59 Å². The van der Waals surface area contributed by atoms with Crippen molar-refractivity contribution in [3.05, 3.63) is 35.9 Å². The van der Waals surface area contributed by atoms with E-state index in [1.807, 2.05) is 30.3 Å². The smallest absolute Gasteiger partial charge is 0.244 e. The van der Waals surface area contributed by atoms with E-state index in [-0.39, 0.29) is 11.8 Å². The molecule has 1 aromatic rings. The Bertz CT molecular complexity index is 461. The minimum Gasteiger partial charge on any atom is -0.354 e. The lowest BCUT2D eigenvalue weighted by Crippen LogP contribution is -2.59. The van der Waals surface area contributed by atoms with Gasteiger partial charge in [0, 0.05) is 33.1 Å². The van der Waals surface area contributed by atoms with Gasteiger partial charge in [-0.05, 0) is 12.0 Å². The molecule has 108 valence electrons. The lowest BCUT2D eigenvalue weighted by atomic mass is 10.1. The van der Waals surface area contributed by atoms with E-state index >= 15 is 0 Å². The van der Waals surface area contributed by atoms with E-state index < -0.39 is 6.04 Å². The summed E-state index contributed by atoms with van der Waals surface area (Å²) < 4.78 is 0. The zero-order valence-electron chi connectivity index (χ0n) is 11.8. The Balaban J connectivity index is 1.83. The highest BCUT2D eigenvalue weighted by Gasteiger charge is 2.29. The van der Waals surface area contributed by atoms with Gasteiger partial charge < -0.3 is 15.5 Å². The van der Waals surface area contributed by atoms with Crippen LogP contribution >= 0.6 is 0 Å². The van der Waals surface area contributed by atoms with E-state index in [1.54, 1.807) is 4.90 Å². The van der Waals surface area contributed by atoms with Gasteiger partial charge in [0.1, 0.15) is 6.04 Å². The Morgan fingerprint density at radius 3 is 2.80 bits per heavy atom. The molecule has 1 heterocycles. The van der Waals surface area contributed by atoms with Crippen molar-refractivity contribution in [1.82, 2.24) is 15.5 Å². The Kier molecular flexibility index (Phi) is 5.12. The number of piperazine rings is 1. The molecule has 5 heteroatoms. The predicted molar refractivity (Wildman–Crippen MR) is 77.2 cm³/mol. The molecule has 5 nitrogen and oxygen atoms in total. The summed E-state index contributed by atoms with van der Waals surface area (Å²) in [6.07, 6.45) is 0.798. The second-order valence-corrected chi connectivity index (χ2v) is 4.96. The third kappa shape index (κ3) is 3.81. The first-order valence-electron chi connectivity index (χ1n) is 6.98. The first-order chi connectivity index (χ1) is 9.68. The molecule has 0 saturated carbocycles. The lowest BCUT2D eigenvalue weighted by Gasteiger charge is -2.34. The molecule has 0 spiro atoms. The van der Waals surface area contributed by atoms with Crippen LogP contribution in [0.1, 0.15) is 12.5 Å². The summed E-state index contributed by atoms with van der Waals surface area (Å²) >= 11 is 0. The number of hydrogen-bond acceptors (Lipinski definition) is 3. The number of benzene rings is 1. The molecule has 1 aliphatic rings. The number of hydrogen-bond donors (Lipinski definition) is 2. The summed E-state index contributed by atoms with van der Waals surface area (Å²) in [5.74, 6) is -0.127. The largest absolute Gasteiger partial charge is 0.354 e. The molecule has 1 aromatic carbocycles. The molecule has 2 N–H and O–H groups in total. The van der Waals surface area contributed by atoms with Gasteiger partial charge in [0.25, 0.3) is 0 Å². The van der Waals surface area contributed by atoms with Crippen LogP contribution in [0.2, 0.25) is 0 Å².